The van der Waals surface area contributed by atoms with Crippen LogP contribution >= 0.6 is 0 Å². The lowest BCUT2D eigenvalue weighted by Gasteiger charge is -2.40. The van der Waals surface area contributed by atoms with Gasteiger partial charge < -0.3 is 10.0 Å². The normalized spacial score (nSPS) is 30.5. The number of anilines is 1. The van der Waals surface area contributed by atoms with Gasteiger partial charge in [-0.3, -0.25) is 9.78 Å². The summed E-state index contributed by atoms with van der Waals surface area (Å²) in [6, 6.07) is 4.05. The molecule has 0 atom stereocenters. The molecule has 1 spiro atoms. The fourth-order valence-corrected chi connectivity index (χ4v) is 4.34. The fourth-order valence-electron chi connectivity index (χ4n) is 4.34. The summed E-state index contributed by atoms with van der Waals surface area (Å²) in [5.41, 5.74) is 1.17. The van der Waals surface area contributed by atoms with Gasteiger partial charge in [0.05, 0.1) is 22.9 Å². The summed E-state index contributed by atoms with van der Waals surface area (Å²) >= 11 is 0. The van der Waals surface area contributed by atoms with Crippen molar-refractivity contribution in [2.24, 2.45) is 5.41 Å². The fraction of sp³-hybridized carbons (Fsp3) is 0.700. The third-order valence-electron chi connectivity index (χ3n) is 6.04. The number of hydrogen-bond acceptors (Lipinski definition) is 3. The molecule has 2 fully saturated rings. The van der Waals surface area contributed by atoms with Gasteiger partial charge in [-0.1, -0.05) is 27.2 Å². The summed E-state index contributed by atoms with van der Waals surface area (Å²) in [6.45, 7) is 7.13. The van der Waals surface area contributed by atoms with E-state index in [9.17, 15) is 9.90 Å². The lowest BCUT2D eigenvalue weighted by atomic mass is 9.67. The number of pyridine rings is 1. The van der Waals surface area contributed by atoms with Gasteiger partial charge in [-0.25, -0.2) is 0 Å². The standard InChI is InChI=1S/C20H30N2O2/c1-4-7-20(24)10-8-19(9-11-20)12-13-22(18(19)23)16-5-6-17(15(2)3)21-14-16/h5-6,14-15,24H,4,7-13H2,1-3H3/t19-,20+. The number of amides is 1. The van der Waals surface area contributed by atoms with E-state index in [-0.39, 0.29) is 11.3 Å². The van der Waals surface area contributed by atoms with Crippen molar-refractivity contribution in [2.45, 2.75) is 77.2 Å². The SMILES string of the molecule is CCC[C@]1(O)CC[C@]2(CCN(c3ccc(C(C)C)nc3)C2=O)CC1. The molecule has 2 aliphatic rings. The highest BCUT2D eigenvalue weighted by Gasteiger charge is 2.51. The van der Waals surface area contributed by atoms with Gasteiger partial charge in [0.1, 0.15) is 0 Å². The van der Waals surface area contributed by atoms with E-state index in [1.165, 1.54) is 0 Å². The van der Waals surface area contributed by atoms with E-state index in [2.05, 4.69) is 25.8 Å². The van der Waals surface area contributed by atoms with Gasteiger partial charge in [-0.2, -0.15) is 0 Å². The second-order valence-corrected chi connectivity index (χ2v) is 8.06. The summed E-state index contributed by atoms with van der Waals surface area (Å²) in [4.78, 5) is 19.5. The zero-order valence-electron chi connectivity index (χ0n) is 15.2. The smallest absolute Gasteiger partial charge is 0.233 e. The van der Waals surface area contributed by atoms with Crippen LogP contribution in [0.25, 0.3) is 0 Å². The molecule has 4 nitrogen and oxygen atoms in total. The minimum atomic E-state index is -0.547. The Bertz CT molecular complexity index is 586. The van der Waals surface area contributed by atoms with Crippen molar-refractivity contribution < 1.29 is 9.90 Å². The van der Waals surface area contributed by atoms with E-state index in [0.717, 1.165) is 62.9 Å². The van der Waals surface area contributed by atoms with Crippen molar-refractivity contribution in [3.8, 4) is 0 Å². The number of hydrogen-bond donors (Lipinski definition) is 1. The van der Waals surface area contributed by atoms with E-state index >= 15 is 0 Å². The van der Waals surface area contributed by atoms with Crippen molar-refractivity contribution >= 4 is 11.6 Å². The molecule has 2 heterocycles. The number of carbonyl (C=O) groups excluding carboxylic acids is 1. The number of nitrogens with zero attached hydrogens (tertiary/aromatic N) is 2. The van der Waals surface area contributed by atoms with Crippen LogP contribution in [0.4, 0.5) is 5.69 Å². The number of rotatable bonds is 4. The van der Waals surface area contributed by atoms with Crippen LogP contribution in [0.1, 0.15) is 77.3 Å². The van der Waals surface area contributed by atoms with E-state index < -0.39 is 5.60 Å². The Labute approximate surface area is 145 Å². The summed E-state index contributed by atoms with van der Waals surface area (Å²) in [6.07, 6.45) is 7.73. The van der Waals surface area contributed by atoms with Gasteiger partial charge in [0.15, 0.2) is 0 Å². The molecule has 24 heavy (non-hydrogen) atoms. The first-order chi connectivity index (χ1) is 11.4. The molecule has 1 saturated heterocycles. The zero-order chi connectivity index (χ0) is 17.4. The summed E-state index contributed by atoms with van der Waals surface area (Å²) in [7, 11) is 0. The predicted molar refractivity (Wildman–Crippen MR) is 96.1 cm³/mol. The molecule has 0 unspecified atom stereocenters. The molecule has 1 saturated carbocycles. The van der Waals surface area contributed by atoms with Crippen molar-refractivity contribution in [2.75, 3.05) is 11.4 Å². The minimum Gasteiger partial charge on any atom is -0.390 e. The van der Waals surface area contributed by atoms with Crippen molar-refractivity contribution in [3.05, 3.63) is 24.0 Å². The molecule has 1 aliphatic carbocycles. The average Bonchev–Trinajstić information content (AvgIpc) is 2.88. The highest BCUT2D eigenvalue weighted by molar-refractivity contribution is 5.99. The molecule has 1 aromatic heterocycles. The Hall–Kier alpha value is -1.42. The molecule has 3 rings (SSSR count). The Balaban J connectivity index is 1.71. The van der Waals surface area contributed by atoms with E-state index in [4.69, 9.17) is 0 Å². The molecule has 0 radical (unpaired) electrons. The Kier molecular flexibility index (Phi) is 4.69. The molecule has 1 aromatic rings. The van der Waals surface area contributed by atoms with Crippen LogP contribution in [0.3, 0.4) is 0 Å². The van der Waals surface area contributed by atoms with Crippen LogP contribution in [0, 0.1) is 5.41 Å². The summed E-state index contributed by atoms with van der Waals surface area (Å²) in [5, 5.41) is 10.6. The lowest BCUT2D eigenvalue weighted by Crippen LogP contribution is -2.43. The highest BCUT2D eigenvalue weighted by Crippen LogP contribution is 2.49. The van der Waals surface area contributed by atoms with Crippen LogP contribution in [0.5, 0.6) is 0 Å². The quantitative estimate of drug-likeness (QED) is 0.906. The number of carbonyl (C=O) groups is 1. The highest BCUT2D eigenvalue weighted by atomic mass is 16.3. The molecule has 1 amide bonds. The van der Waals surface area contributed by atoms with Crippen LogP contribution < -0.4 is 4.90 Å². The zero-order valence-corrected chi connectivity index (χ0v) is 15.2. The molecule has 0 aromatic carbocycles. The Morgan fingerprint density at radius 2 is 1.92 bits per heavy atom. The topological polar surface area (TPSA) is 53.4 Å². The van der Waals surface area contributed by atoms with Crippen molar-refractivity contribution in [1.29, 1.82) is 0 Å². The first-order valence-corrected chi connectivity index (χ1v) is 9.39. The van der Waals surface area contributed by atoms with E-state index in [0.29, 0.717) is 5.92 Å². The minimum absolute atomic E-state index is 0.236. The first-order valence-electron chi connectivity index (χ1n) is 9.39. The van der Waals surface area contributed by atoms with Gasteiger partial charge in [0.2, 0.25) is 5.91 Å². The molecular formula is C20H30N2O2. The van der Waals surface area contributed by atoms with Gasteiger partial charge in [0.25, 0.3) is 0 Å². The summed E-state index contributed by atoms with van der Waals surface area (Å²) in [5.74, 6) is 0.634. The van der Waals surface area contributed by atoms with Gasteiger partial charge in [0, 0.05) is 12.2 Å². The maximum Gasteiger partial charge on any atom is 0.233 e. The molecule has 4 heteroatoms. The third-order valence-corrected chi connectivity index (χ3v) is 6.04. The van der Waals surface area contributed by atoms with Gasteiger partial charge >= 0.3 is 0 Å². The summed E-state index contributed by atoms with van der Waals surface area (Å²) < 4.78 is 0. The molecule has 132 valence electrons. The molecule has 1 N–H and O–H groups in total. The Morgan fingerprint density at radius 1 is 1.21 bits per heavy atom. The van der Waals surface area contributed by atoms with E-state index in [1.54, 1.807) is 0 Å². The lowest BCUT2D eigenvalue weighted by molar-refractivity contribution is -0.130. The van der Waals surface area contributed by atoms with Gasteiger partial charge in [-0.05, 0) is 56.6 Å². The maximum absolute atomic E-state index is 13.1. The second-order valence-electron chi connectivity index (χ2n) is 8.06. The number of aliphatic hydroxyl groups is 1. The molecule has 1 aliphatic heterocycles. The van der Waals surface area contributed by atoms with Gasteiger partial charge in [-0.15, -0.1) is 0 Å². The number of aromatic nitrogens is 1. The maximum atomic E-state index is 13.1. The van der Waals surface area contributed by atoms with Crippen molar-refractivity contribution in [3.63, 3.8) is 0 Å². The van der Waals surface area contributed by atoms with E-state index in [1.807, 2.05) is 23.2 Å². The predicted octanol–water partition coefficient (Wildman–Crippen LogP) is 4.03. The second kappa shape index (κ2) is 6.47. The monoisotopic (exact) mass is 330 g/mol. The first kappa shape index (κ1) is 17.4. The largest absolute Gasteiger partial charge is 0.390 e. The van der Waals surface area contributed by atoms with Crippen molar-refractivity contribution in [1.82, 2.24) is 4.98 Å². The third kappa shape index (κ3) is 3.08. The molecule has 0 bridgehead atoms. The average molecular weight is 330 g/mol. The van der Waals surface area contributed by atoms with Crippen LogP contribution in [-0.4, -0.2) is 28.1 Å². The Morgan fingerprint density at radius 3 is 2.46 bits per heavy atom. The van der Waals surface area contributed by atoms with Crippen LogP contribution in [-0.2, 0) is 4.79 Å². The molecular weight excluding hydrogens is 300 g/mol. The van der Waals surface area contributed by atoms with Crippen LogP contribution in [0.15, 0.2) is 18.3 Å². The van der Waals surface area contributed by atoms with Crippen LogP contribution in [0.2, 0.25) is 0 Å².